The first kappa shape index (κ1) is 12.2. The Morgan fingerprint density at radius 3 is 2.73 bits per heavy atom. The Bertz CT molecular complexity index is 281. The van der Waals surface area contributed by atoms with Crippen LogP contribution in [-0.4, -0.2) is 14.9 Å². The topological polar surface area (TPSA) is 38.0 Å². The second-order valence-corrected chi connectivity index (χ2v) is 4.41. The zero-order valence-electron chi connectivity index (χ0n) is 9.98. The molecule has 0 saturated heterocycles. The molecule has 1 atom stereocenters. The number of aliphatic hydroxyl groups excluding tert-OH is 1. The van der Waals surface area contributed by atoms with Crippen molar-refractivity contribution in [3.63, 3.8) is 0 Å². The molecule has 0 aromatic carbocycles. The van der Waals surface area contributed by atoms with Crippen molar-refractivity contribution >= 4 is 0 Å². The van der Waals surface area contributed by atoms with Crippen LogP contribution >= 0.6 is 0 Å². The van der Waals surface area contributed by atoms with Crippen LogP contribution in [0.5, 0.6) is 0 Å². The van der Waals surface area contributed by atoms with Gasteiger partial charge in [-0.25, -0.2) is 0 Å². The average molecular weight is 210 g/mol. The van der Waals surface area contributed by atoms with E-state index in [9.17, 15) is 5.11 Å². The summed E-state index contributed by atoms with van der Waals surface area (Å²) in [5, 5.41) is 14.1. The second kappa shape index (κ2) is 5.91. The maximum Gasteiger partial charge on any atom is 0.0956 e. The maximum absolute atomic E-state index is 9.97. The molecule has 1 unspecified atom stereocenters. The Morgan fingerprint density at radius 1 is 1.40 bits per heavy atom. The molecule has 3 nitrogen and oxygen atoms in total. The van der Waals surface area contributed by atoms with Gasteiger partial charge in [-0.2, -0.15) is 5.10 Å². The van der Waals surface area contributed by atoms with E-state index < -0.39 is 0 Å². The van der Waals surface area contributed by atoms with E-state index in [4.69, 9.17) is 0 Å². The molecule has 0 spiro atoms. The van der Waals surface area contributed by atoms with E-state index in [0.29, 0.717) is 5.92 Å². The summed E-state index contributed by atoms with van der Waals surface area (Å²) in [7, 11) is 0. The van der Waals surface area contributed by atoms with Crippen LogP contribution in [0.2, 0.25) is 0 Å². The molecule has 1 aromatic rings. The zero-order chi connectivity index (χ0) is 11.3. The fourth-order valence-electron chi connectivity index (χ4n) is 1.76. The van der Waals surface area contributed by atoms with Gasteiger partial charge in [0.1, 0.15) is 0 Å². The van der Waals surface area contributed by atoms with E-state index in [2.05, 4.69) is 18.9 Å². The van der Waals surface area contributed by atoms with E-state index in [-0.39, 0.29) is 6.10 Å². The lowest BCUT2D eigenvalue weighted by molar-refractivity contribution is 0.151. The van der Waals surface area contributed by atoms with Crippen LogP contribution in [-0.2, 0) is 6.54 Å². The highest BCUT2D eigenvalue weighted by atomic mass is 16.3. The van der Waals surface area contributed by atoms with Gasteiger partial charge >= 0.3 is 0 Å². The summed E-state index contributed by atoms with van der Waals surface area (Å²) in [4.78, 5) is 0. The lowest BCUT2D eigenvalue weighted by atomic mass is 10.0. The second-order valence-electron chi connectivity index (χ2n) is 4.41. The first-order valence-corrected chi connectivity index (χ1v) is 5.85. The smallest absolute Gasteiger partial charge is 0.0956 e. The molecule has 0 amide bonds. The molecule has 0 fully saturated rings. The van der Waals surface area contributed by atoms with Gasteiger partial charge in [0.15, 0.2) is 0 Å². The van der Waals surface area contributed by atoms with Crippen LogP contribution in [0.3, 0.4) is 0 Å². The highest BCUT2D eigenvalue weighted by Gasteiger charge is 2.11. The number of rotatable bonds is 6. The number of aromatic nitrogens is 2. The van der Waals surface area contributed by atoms with Gasteiger partial charge < -0.3 is 5.11 Å². The predicted octanol–water partition coefficient (Wildman–Crippen LogP) is 2.76. The van der Waals surface area contributed by atoms with Crippen LogP contribution < -0.4 is 0 Å². The van der Waals surface area contributed by atoms with Crippen molar-refractivity contribution < 1.29 is 5.11 Å². The van der Waals surface area contributed by atoms with E-state index in [1.54, 1.807) is 6.20 Å². The third-order valence-corrected chi connectivity index (χ3v) is 2.65. The van der Waals surface area contributed by atoms with Crippen LogP contribution in [0.4, 0.5) is 0 Å². The van der Waals surface area contributed by atoms with Crippen molar-refractivity contribution in [2.24, 2.45) is 5.92 Å². The molecular formula is C12H22N2O. The minimum Gasteiger partial charge on any atom is -0.387 e. The van der Waals surface area contributed by atoms with Gasteiger partial charge in [0.05, 0.1) is 11.8 Å². The van der Waals surface area contributed by atoms with Gasteiger partial charge in [-0.1, -0.05) is 26.7 Å². The molecule has 0 saturated carbocycles. The SMILES string of the molecule is CCn1nccc1C(O)CCCC(C)C. The van der Waals surface area contributed by atoms with Crippen LogP contribution in [0, 0.1) is 5.92 Å². The third-order valence-electron chi connectivity index (χ3n) is 2.65. The molecule has 0 bridgehead atoms. The normalized spacial score (nSPS) is 13.4. The summed E-state index contributed by atoms with van der Waals surface area (Å²) in [5.74, 6) is 0.716. The summed E-state index contributed by atoms with van der Waals surface area (Å²) >= 11 is 0. The maximum atomic E-state index is 9.97. The summed E-state index contributed by atoms with van der Waals surface area (Å²) in [6.07, 6.45) is 4.49. The van der Waals surface area contributed by atoms with Gasteiger partial charge in [0.2, 0.25) is 0 Å². The van der Waals surface area contributed by atoms with E-state index >= 15 is 0 Å². The number of aliphatic hydroxyl groups is 1. The average Bonchev–Trinajstić information content (AvgIpc) is 2.64. The molecule has 0 aliphatic carbocycles. The number of hydrogen-bond donors (Lipinski definition) is 1. The van der Waals surface area contributed by atoms with Crippen LogP contribution in [0.25, 0.3) is 0 Å². The van der Waals surface area contributed by atoms with Crippen molar-refractivity contribution in [2.75, 3.05) is 0 Å². The van der Waals surface area contributed by atoms with Crippen molar-refractivity contribution in [1.82, 2.24) is 9.78 Å². The van der Waals surface area contributed by atoms with Gasteiger partial charge in [-0.15, -0.1) is 0 Å². The van der Waals surface area contributed by atoms with Crippen molar-refractivity contribution in [1.29, 1.82) is 0 Å². The van der Waals surface area contributed by atoms with E-state index in [1.165, 1.54) is 6.42 Å². The molecular weight excluding hydrogens is 188 g/mol. The third kappa shape index (κ3) is 3.67. The molecule has 15 heavy (non-hydrogen) atoms. The number of aryl methyl sites for hydroxylation is 1. The molecule has 3 heteroatoms. The fraction of sp³-hybridized carbons (Fsp3) is 0.750. The Kier molecular flexibility index (Phi) is 4.82. The lowest BCUT2D eigenvalue weighted by Gasteiger charge is -2.12. The first-order valence-electron chi connectivity index (χ1n) is 5.85. The van der Waals surface area contributed by atoms with E-state index in [1.807, 2.05) is 17.7 Å². The molecule has 0 aliphatic rings. The molecule has 1 aromatic heterocycles. The van der Waals surface area contributed by atoms with Gasteiger partial charge in [0.25, 0.3) is 0 Å². The minimum absolute atomic E-state index is 0.355. The lowest BCUT2D eigenvalue weighted by Crippen LogP contribution is -2.08. The highest BCUT2D eigenvalue weighted by molar-refractivity contribution is 5.04. The largest absolute Gasteiger partial charge is 0.387 e. The molecule has 86 valence electrons. The Hall–Kier alpha value is -0.830. The predicted molar refractivity (Wildman–Crippen MR) is 61.5 cm³/mol. The quantitative estimate of drug-likeness (QED) is 0.784. The van der Waals surface area contributed by atoms with Gasteiger partial charge in [-0.05, 0) is 25.3 Å². The number of nitrogens with zero attached hydrogens (tertiary/aromatic N) is 2. The van der Waals surface area contributed by atoms with Crippen molar-refractivity contribution in [2.45, 2.75) is 52.7 Å². The van der Waals surface area contributed by atoms with Gasteiger partial charge in [-0.3, -0.25) is 4.68 Å². The van der Waals surface area contributed by atoms with Crippen LogP contribution in [0.1, 0.15) is 51.8 Å². The first-order chi connectivity index (χ1) is 7.15. The van der Waals surface area contributed by atoms with Crippen molar-refractivity contribution in [3.8, 4) is 0 Å². The zero-order valence-corrected chi connectivity index (χ0v) is 9.98. The highest BCUT2D eigenvalue weighted by Crippen LogP contribution is 2.20. The van der Waals surface area contributed by atoms with Gasteiger partial charge in [0, 0.05) is 12.7 Å². The monoisotopic (exact) mass is 210 g/mol. The Morgan fingerprint density at radius 2 is 2.13 bits per heavy atom. The molecule has 0 radical (unpaired) electrons. The molecule has 1 N–H and O–H groups in total. The Labute approximate surface area is 92.1 Å². The fourth-order valence-corrected chi connectivity index (χ4v) is 1.76. The summed E-state index contributed by atoms with van der Waals surface area (Å²) in [6.45, 7) is 7.28. The standard InChI is InChI=1S/C12H22N2O/c1-4-14-11(8-9-13-14)12(15)7-5-6-10(2)3/h8-10,12,15H,4-7H2,1-3H3. The Balaban J connectivity index is 2.43. The van der Waals surface area contributed by atoms with Crippen molar-refractivity contribution in [3.05, 3.63) is 18.0 Å². The van der Waals surface area contributed by atoms with Crippen LogP contribution in [0.15, 0.2) is 12.3 Å². The summed E-state index contributed by atoms with van der Waals surface area (Å²) < 4.78 is 1.86. The summed E-state index contributed by atoms with van der Waals surface area (Å²) in [6, 6.07) is 1.91. The molecule has 1 rings (SSSR count). The molecule has 0 aliphatic heterocycles. The summed E-state index contributed by atoms with van der Waals surface area (Å²) in [5.41, 5.74) is 0.946. The molecule has 1 heterocycles. The minimum atomic E-state index is -0.355. The number of hydrogen-bond acceptors (Lipinski definition) is 2. The van der Waals surface area contributed by atoms with E-state index in [0.717, 1.165) is 25.1 Å².